The van der Waals surface area contributed by atoms with Crippen LogP contribution in [-0.2, 0) is 0 Å². The van der Waals surface area contributed by atoms with E-state index >= 15 is 0 Å². The number of nitrogens with zero attached hydrogens (tertiary/aromatic N) is 3. The van der Waals surface area contributed by atoms with Crippen LogP contribution < -0.4 is 5.73 Å². The largest absolute Gasteiger partial charge is 0.384 e. The molecule has 0 bridgehead atoms. The first-order valence-electron chi connectivity index (χ1n) is 4.69. The Bertz CT molecular complexity index is 473. The highest BCUT2D eigenvalue weighted by Crippen LogP contribution is 2.19. The monoisotopic (exact) mass is 200 g/mol. The Hall–Kier alpha value is -1.97. The van der Waals surface area contributed by atoms with E-state index in [4.69, 9.17) is 5.73 Å². The SMILES string of the molecule is Cc1cc(N)nc(-c2ccncc2C)n1. The van der Waals surface area contributed by atoms with Gasteiger partial charge in [0.05, 0.1) is 0 Å². The summed E-state index contributed by atoms with van der Waals surface area (Å²) >= 11 is 0. The van der Waals surface area contributed by atoms with Crippen LogP contribution in [-0.4, -0.2) is 15.0 Å². The van der Waals surface area contributed by atoms with Crippen molar-refractivity contribution in [2.24, 2.45) is 0 Å². The molecular formula is C11H12N4. The summed E-state index contributed by atoms with van der Waals surface area (Å²) in [6.07, 6.45) is 3.52. The first kappa shape index (κ1) is 9.58. The number of aryl methyl sites for hydroxylation is 2. The molecule has 15 heavy (non-hydrogen) atoms. The average Bonchev–Trinajstić information content (AvgIpc) is 2.16. The molecule has 0 fully saturated rings. The molecule has 0 aliphatic carbocycles. The van der Waals surface area contributed by atoms with Gasteiger partial charge in [-0.1, -0.05) is 0 Å². The van der Waals surface area contributed by atoms with Crippen LogP contribution in [0.25, 0.3) is 11.4 Å². The number of rotatable bonds is 1. The van der Waals surface area contributed by atoms with Gasteiger partial charge in [-0.3, -0.25) is 4.98 Å². The van der Waals surface area contributed by atoms with Crippen molar-refractivity contribution in [1.29, 1.82) is 0 Å². The second kappa shape index (κ2) is 3.65. The Morgan fingerprint density at radius 2 is 2.00 bits per heavy atom. The fourth-order valence-corrected chi connectivity index (χ4v) is 1.44. The number of hydrogen-bond acceptors (Lipinski definition) is 4. The average molecular weight is 200 g/mol. The van der Waals surface area contributed by atoms with E-state index < -0.39 is 0 Å². The third-order valence-corrected chi connectivity index (χ3v) is 2.14. The minimum atomic E-state index is 0.494. The smallest absolute Gasteiger partial charge is 0.162 e. The topological polar surface area (TPSA) is 64.7 Å². The van der Waals surface area contributed by atoms with E-state index in [1.165, 1.54) is 0 Å². The van der Waals surface area contributed by atoms with Crippen LogP contribution in [0.2, 0.25) is 0 Å². The lowest BCUT2D eigenvalue weighted by Crippen LogP contribution is -1.98. The minimum Gasteiger partial charge on any atom is -0.384 e. The summed E-state index contributed by atoms with van der Waals surface area (Å²) in [5.74, 6) is 1.15. The molecule has 0 radical (unpaired) electrons. The molecule has 0 atom stereocenters. The Morgan fingerprint density at radius 3 is 2.67 bits per heavy atom. The third kappa shape index (κ3) is 1.93. The van der Waals surface area contributed by atoms with Gasteiger partial charge in [0.25, 0.3) is 0 Å². The fraction of sp³-hybridized carbons (Fsp3) is 0.182. The molecule has 4 heteroatoms. The zero-order chi connectivity index (χ0) is 10.8. The van der Waals surface area contributed by atoms with Crippen molar-refractivity contribution in [3.05, 3.63) is 35.8 Å². The highest BCUT2D eigenvalue weighted by molar-refractivity contribution is 5.60. The van der Waals surface area contributed by atoms with Crippen molar-refractivity contribution >= 4 is 5.82 Å². The number of pyridine rings is 1. The molecule has 2 heterocycles. The lowest BCUT2D eigenvalue weighted by molar-refractivity contribution is 1.11. The second-order valence-corrected chi connectivity index (χ2v) is 3.45. The van der Waals surface area contributed by atoms with Crippen LogP contribution in [0.4, 0.5) is 5.82 Å². The summed E-state index contributed by atoms with van der Waals surface area (Å²) in [6, 6.07) is 3.64. The van der Waals surface area contributed by atoms with Crippen molar-refractivity contribution < 1.29 is 0 Å². The van der Waals surface area contributed by atoms with Gasteiger partial charge in [-0.15, -0.1) is 0 Å². The number of nitrogen functional groups attached to an aromatic ring is 1. The first-order valence-corrected chi connectivity index (χ1v) is 4.69. The molecule has 0 aliphatic rings. The van der Waals surface area contributed by atoms with Gasteiger partial charge in [-0.2, -0.15) is 0 Å². The van der Waals surface area contributed by atoms with Crippen LogP contribution >= 0.6 is 0 Å². The molecule has 0 saturated carbocycles. The zero-order valence-corrected chi connectivity index (χ0v) is 8.73. The van der Waals surface area contributed by atoms with Crippen molar-refractivity contribution in [2.45, 2.75) is 13.8 Å². The summed E-state index contributed by atoms with van der Waals surface area (Å²) in [6.45, 7) is 3.88. The van der Waals surface area contributed by atoms with Gasteiger partial charge in [-0.05, 0) is 25.5 Å². The molecule has 76 valence electrons. The lowest BCUT2D eigenvalue weighted by Gasteiger charge is -2.05. The van der Waals surface area contributed by atoms with Crippen molar-refractivity contribution in [2.75, 3.05) is 5.73 Å². The maximum atomic E-state index is 5.68. The van der Waals surface area contributed by atoms with Gasteiger partial charge in [0.15, 0.2) is 5.82 Å². The Balaban J connectivity index is 2.59. The summed E-state index contributed by atoms with van der Waals surface area (Å²) < 4.78 is 0. The van der Waals surface area contributed by atoms with Crippen LogP contribution in [0.1, 0.15) is 11.3 Å². The molecule has 0 aromatic carbocycles. The van der Waals surface area contributed by atoms with Crippen LogP contribution in [0, 0.1) is 13.8 Å². The van der Waals surface area contributed by atoms with Gasteiger partial charge in [0, 0.05) is 29.7 Å². The lowest BCUT2D eigenvalue weighted by atomic mass is 10.1. The minimum absolute atomic E-state index is 0.494. The predicted octanol–water partition coefficient (Wildman–Crippen LogP) is 1.74. The molecule has 0 aliphatic heterocycles. The highest BCUT2D eigenvalue weighted by atomic mass is 14.9. The van der Waals surface area contributed by atoms with Crippen molar-refractivity contribution in [1.82, 2.24) is 15.0 Å². The van der Waals surface area contributed by atoms with E-state index in [0.717, 1.165) is 16.8 Å². The standard InChI is InChI=1S/C11H12N4/c1-7-6-13-4-3-9(7)11-14-8(2)5-10(12)15-11/h3-6H,1-2H3,(H2,12,14,15). The maximum absolute atomic E-state index is 5.68. The van der Waals surface area contributed by atoms with E-state index in [9.17, 15) is 0 Å². The molecule has 0 spiro atoms. The molecule has 0 unspecified atom stereocenters. The zero-order valence-electron chi connectivity index (χ0n) is 8.73. The van der Waals surface area contributed by atoms with Crippen LogP contribution in [0.3, 0.4) is 0 Å². The van der Waals surface area contributed by atoms with E-state index in [2.05, 4.69) is 15.0 Å². The summed E-state index contributed by atoms with van der Waals surface area (Å²) in [5, 5.41) is 0. The third-order valence-electron chi connectivity index (χ3n) is 2.14. The molecule has 2 aromatic rings. The van der Waals surface area contributed by atoms with Crippen molar-refractivity contribution in [3.8, 4) is 11.4 Å². The van der Waals surface area contributed by atoms with Gasteiger partial charge < -0.3 is 5.73 Å². The molecular weight excluding hydrogens is 188 g/mol. The summed E-state index contributed by atoms with van der Waals surface area (Å²) in [5.41, 5.74) is 8.57. The number of nitrogens with two attached hydrogens (primary N) is 1. The van der Waals surface area contributed by atoms with Crippen LogP contribution in [0.15, 0.2) is 24.5 Å². The highest BCUT2D eigenvalue weighted by Gasteiger charge is 2.05. The Kier molecular flexibility index (Phi) is 2.33. The van der Waals surface area contributed by atoms with E-state index in [-0.39, 0.29) is 0 Å². The molecule has 0 saturated heterocycles. The molecule has 4 nitrogen and oxygen atoms in total. The Labute approximate surface area is 88.2 Å². The number of aromatic nitrogens is 3. The molecule has 2 rings (SSSR count). The normalized spacial score (nSPS) is 10.3. The quantitative estimate of drug-likeness (QED) is 0.761. The van der Waals surface area contributed by atoms with Gasteiger partial charge >= 0.3 is 0 Å². The van der Waals surface area contributed by atoms with E-state index in [1.54, 1.807) is 18.5 Å². The van der Waals surface area contributed by atoms with Gasteiger partial charge in [0.1, 0.15) is 5.82 Å². The molecule has 2 N–H and O–H groups in total. The van der Waals surface area contributed by atoms with Crippen molar-refractivity contribution in [3.63, 3.8) is 0 Å². The number of hydrogen-bond donors (Lipinski definition) is 1. The summed E-state index contributed by atoms with van der Waals surface area (Å²) in [7, 11) is 0. The second-order valence-electron chi connectivity index (χ2n) is 3.45. The van der Waals surface area contributed by atoms with Gasteiger partial charge in [-0.25, -0.2) is 9.97 Å². The molecule has 0 amide bonds. The Morgan fingerprint density at radius 1 is 1.20 bits per heavy atom. The van der Waals surface area contributed by atoms with Crippen LogP contribution in [0.5, 0.6) is 0 Å². The number of anilines is 1. The fourth-order valence-electron chi connectivity index (χ4n) is 1.44. The molecule has 2 aromatic heterocycles. The first-order chi connectivity index (χ1) is 7.16. The van der Waals surface area contributed by atoms with E-state index in [1.807, 2.05) is 19.9 Å². The maximum Gasteiger partial charge on any atom is 0.162 e. The van der Waals surface area contributed by atoms with Gasteiger partial charge in [0.2, 0.25) is 0 Å². The van der Waals surface area contributed by atoms with E-state index in [0.29, 0.717) is 11.6 Å². The predicted molar refractivity (Wildman–Crippen MR) is 59.1 cm³/mol. The summed E-state index contributed by atoms with van der Waals surface area (Å²) in [4.78, 5) is 12.6.